The van der Waals surface area contributed by atoms with E-state index < -0.39 is 0 Å². The van der Waals surface area contributed by atoms with Crippen LogP contribution in [0.3, 0.4) is 0 Å². The van der Waals surface area contributed by atoms with Crippen molar-refractivity contribution in [3.8, 4) is 5.75 Å². The van der Waals surface area contributed by atoms with E-state index in [1.165, 1.54) is 5.56 Å². The molecule has 0 aliphatic heterocycles. The fourth-order valence-electron chi connectivity index (χ4n) is 2.42. The third-order valence-corrected chi connectivity index (χ3v) is 3.82. The Hall–Kier alpha value is -1.22. The van der Waals surface area contributed by atoms with Crippen LogP contribution in [0.2, 0.25) is 10.0 Å². The summed E-state index contributed by atoms with van der Waals surface area (Å²) in [5, 5.41) is 4.95. The molecule has 0 bridgehead atoms. The maximum Gasteiger partial charge on any atom is 0.123 e. The van der Waals surface area contributed by atoms with Crippen molar-refractivity contribution in [1.29, 1.82) is 0 Å². The molecule has 2 aromatic rings. The molecule has 0 saturated heterocycles. The van der Waals surface area contributed by atoms with Crippen LogP contribution < -0.4 is 10.1 Å². The Labute approximate surface area is 136 Å². The largest absolute Gasteiger partial charge is 0.496 e. The molecule has 2 nitrogen and oxygen atoms in total. The number of hydrogen-bond donors (Lipinski definition) is 1. The van der Waals surface area contributed by atoms with Gasteiger partial charge in [-0.2, -0.15) is 0 Å². The summed E-state index contributed by atoms with van der Waals surface area (Å²) in [6, 6.07) is 13.7. The maximum atomic E-state index is 6.14. The lowest BCUT2D eigenvalue weighted by Gasteiger charge is -2.21. The molecule has 0 fully saturated rings. The van der Waals surface area contributed by atoms with Gasteiger partial charge in [-0.05, 0) is 48.9 Å². The summed E-state index contributed by atoms with van der Waals surface area (Å²) in [6.45, 7) is 2.95. The number of methoxy groups -OCH3 is 1. The van der Waals surface area contributed by atoms with Gasteiger partial charge in [-0.1, -0.05) is 42.3 Å². The van der Waals surface area contributed by atoms with Crippen LogP contribution in [0.25, 0.3) is 0 Å². The van der Waals surface area contributed by atoms with Crippen LogP contribution in [0.5, 0.6) is 5.75 Å². The van der Waals surface area contributed by atoms with Gasteiger partial charge in [-0.25, -0.2) is 0 Å². The first-order chi connectivity index (χ1) is 10.1. The molecular weight excluding hydrogens is 305 g/mol. The number of ether oxygens (including phenoxy) is 1. The van der Waals surface area contributed by atoms with E-state index in [1.54, 1.807) is 7.11 Å². The van der Waals surface area contributed by atoms with Gasteiger partial charge >= 0.3 is 0 Å². The number of likely N-dealkylation sites (N-methyl/N-ethyl adjacent to an activating group) is 1. The first-order valence-electron chi connectivity index (χ1n) is 6.95. The van der Waals surface area contributed by atoms with Crippen molar-refractivity contribution in [3.63, 3.8) is 0 Å². The highest BCUT2D eigenvalue weighted by Crippen LogP contribution is 2.30. The Kier molecular flexibility index (Phi) is 5.92. The van der Waals surface area contributed by atoms with Crippen molar-refractivity contribution < 1.29 is 4.74 Å². The summed E-state index contributed by atoms with van der Waals surface area (Å²) in [5.74, 6) is 0.840. The van der Waals surface area contributed by atoms with Crippen molar-refractivity contribution in [3.05, 3.63) is 63.6 Å². The Morgan fingerprint density at radius 3 is 2.52 bits per heavy atom. The summed E-state index contributed by atoms with van der Waals surface area (Å²) >= 11 is 12.2. The van der Waals surface area contributed by atoms with Gasteiger partial charge in [-0.15, -0.1) is 0 Å². The van der Waals surface area contributed by atoms with Crippen molar-refractivity contribution in [2.45, 2.75) is 19.4 Å². The Bertz CT molecular complexity index is 601. The highest BCUT2D eigenvalue weighted by atomic mass is 35.5. The lowest BCUT2D eigenvalue weighted by molar-refractivity contribution is 0.399. The molecule has 0 heterocycles. The van der Waals surface area contributed by atoms with E-state index in [9.17, 15) is 0 Å². The minimum absolute atomic E-state index is 0.127. The van der Waals surface area contributed by atoms with Crippen LogP contribution in [0.15, 0.2) is 42.5 Å². The first kappa shape index (κ1) is 16.2. The number of nitrogens with one attached hydrogen (secondary N) is 1. The lowest BCUT2D eigenvalue weighted by atomic mass is 9.98. The zero-order chi connectivity index (χ0) is 15.2. The molecule has 1 atom stereocenters. The molecule has 0 aliphatic carbocycles. The van der Waals surface area contributed by atoms with Crippen molar-refractivity contribution in [2.24, 2.45) is 0 Å². The van der Waals surface area contributed by atoms with E-state index in [0.29, 0.717) is 5.02 Å². The molecule has 0 spiro atoms. The molecular formula is C17H19Cl2NO. The fourth-order valence-corrected chi connectivity index (χ4v) is 2.81. The lowest BCUT2D eigenvalue weighted by Crippen LogP contribution is -2.23. The van der Waals surface area contributed by atoms with Gasteiger partial charge < -0.3 is 10.1 Å². The fraction of sp³-hybridized carbons (Fsp3) is 0.294. The third-order valence-electron chi connectivity index (χ3n) is 3.35. The highest BCUT2D eigenvalue weighted by molar-refractivity contribution is 6.31. The zero-order valence-electron chi connectivity index (χ0n) is 12.2. The molecule has 21 heavy (non-hydrogen) atoms. The van der Waals surface area contributed by atoms with Crippen LogP contribution >= 0.6 is 23.2 Å². The first-order valence-corrected chi connectivity index (χ1v) is 7.71. The second kappa shape index (κ2) is 7.69. The van der Waals surface area contributed by atoms with E-state index in [2.05, 4.69) is 18.3 Å². The Morgan fingerprint density at radius 1 is 1.10 bits per heavy atom. The molecule has 2 aromatic carbocycles. The van der Waals surface area contributed by atoms with Crippen LogP contribution in [0.4, 0.5) is 0 Å². The van der Waals surface area contributed by atoms with E-state index in [0.717, 1.165) is 29.3 Å². The molecule has 112 valence electrons. The molecule has 0 aromatic heterocycles. The number of benzene rings is 2. The molecule has 1 unspecified atom stereocenters. The average Bonchev–Trinajstić information content (AvgIpc) is 2.47. The van der Waals surface area contributed by atoms with Crippen LogP contribution in [0, 0.1) is 0 Å². The summed E-state index contributed by atoms with van der Waals surface area (Å²) in [7, 11) is 1.68. The number of rotatable bonds is 6. The minimum atomic E-state index is 0.127. The van der Waals surface area contributed by atoms with E-state index in [4.69, 9.17) is 27.9 Å². The zero-order valence-corrected chi connectivity index (χ0v) is 13.7. The number of hydrogen-bond acceptors (Lipinski definition) is 2. The smallest absolute Gasteiger partial charge is 0.123 e. The summed E-state index contributed by atoms with van der Waals surface area (Å²) < 4.78 is 5.46. The van der Waals surface area contributed by atoms with Crippen molar-refractivity contribution in [2.75, 3.05) is 13.7 Å². The van der Waals surface area contributed by atoms with Gasteiger partial charge in [-0.3, -0.25) is 0 Å². The summed E-state index contributed by atoms with van der Waals surface area (Å²) in [4.78, 5) is 0. The second-order valence-corrected chi connectivity index (χ2v) is 5.70. The van der Waals surface area contributed by atoms with Gasteiger partial charge in [0.05, 0.1) is 7.11 Å². The van der Waals surface area contributed by atoms with Gasteiger partial charge in [0.25, 0.3) is 0 Å². The summed E-state index contributed by atoms with van der Waals surface area (Å²) in [6.07, 6.45) is 0.825. The monoisotopic (exact) mass is 323 g/mol. The van der Waals surface area contributed by atoms with Crippen LogP contribution in [-0.2, 0) is 6.42 Å². The number of halogens is 2. The predicted molar refractivity (Wildman–Crippen MR) is 89.6 cm³/mol. The Morgan fingerprint density at radius 2 is 1.86 bits per heavy atom. The topological polar surface area (TPSA) is 21.3 Å². The predicted octanol–water partition coefficient (Wildman–Crippen LogP) is 4.90. The molecule has 0 amide bonds. The standard InChI is InChI=1S/C17H19Cl2NO/c1-3-20-16(10-12-5-4-6-13(18)9-12)15-11-14(19)7-8-17(15)21-2/h4-9,11,16,20H,3,10H2,1-2H3. The van der Waals surface area contributed by atoms with Gasteiger partial charge in [0, 0.05) is 21.7 Å². The molecule has 1 N–H and O–H groups in total. The van der Waals surface area contributed by atoms with Gasteiger partial charge in [0.15, 0.2) is 0 Å². The average molecular weight is 324 g/mol. The van der Waals surface area contributed by atoms with Crippen LogP contribution in [0.1, 0.15) is 24.1 Å². The van der Waals surface area contributed by atoms with Crippen molar-refractivity contribution >= 4 is 23.2 Å². The second-order valence-electron chi connectivity index (χ2n) is 4.83. The third kappa shape index (κ3) is 4.37. The van der Waals surface area contributed by atoms with Crippen molar-refractivity contribution in [1.82, 2.24) is 5.32 Å². The summed E-state index contributed by atoms with van der Waals surface area (Å²) in [5.41, 5.74) is 2.24. The van der Waals surface area contributed by atoms with E-state index in [1.807, 2.05) is 36.4 Å². The quantitative estimate of drug-likeness (QED) is 0.816. The van der Waals surface area contributed by atoms with Crippen LogP contribution in [-0.4, -0.2) is 13.7 Å². The molecule has 0 saturated carbocycles. The van der Waals surface area contributed by atoms with E-state index >= 15 is 0 Å². The molecule has 2 rings (SSSR count). The van der Waals surface area contributed by atoms with Gasteiger partial charge in [0.1, 0.15) is 5.75 Å². The molecule has 0 aliphatic rings. The highest BCUT2D eigenvalue weighted by Gasteiger charge is 2.16. The SMILES string of the molecule is CCNC(Cc1cccc(Cl)c1)c1cc(Cl)ccc1OC. The molecule has 4 heteroatoms. The van der Waals surface area contributed by atoms with Gasteiger partial charge in [0.2, 0.25) is 0 Å². The molecule has 0 radical (unpaired) electrons. The maximum absolute atomic E-state index is 6.14. The minimum Gasteiger partial charge on any atom is -0.496 e. The normalized spacial score (nSPS) is 12.2. The Balaban J connectivity index is 2.32. The van der Waals surface area contributed by atoms with E-state index in [-0.39, 0.29) is 6.04 Å².